The largest absolute Gasteiger partial charge is 0.477 e. The minimum absolute atomic E-state index is 0.138. The average Bonchev–Trinajstić information content (AvgIpc) is 2.95. The molecule has 7 heteroatoms. The summed E-state index contributed by atoms with van der Waals surface area (Å²) in [6, 6.07) is 13.4. The van der Waals surface area contributed by atoms with Crippen LogP contribution in [0.5, 0.6) is 5.75 Å². The van der Waals surface area contributed by atoms with E-state index in [4.69, 9.17) is 21.3 Å². The van der Waals surface area contributed by atoms with Crippen molar-refractivity contribution in [2.24, 2.45) is 7.05 Å². The number of likely N-dealkylation sites (N-methyl/N-ethyl adjacent to an activating group) is 1. The van der Waals surface area contributed by atoms with Crippen molar-refractivity contribution in [3.05, 3.63) is 53.3 Å². The van der Waals surface area contributed by atoms with Crippen LogP contribution in [0.2, 0.25) is 5.02 Å². The van der Waals surface area contributed by atoms with Crippen molar-refractivity contribution in [2.45, 2.75) is 12.6 Å². The number of amides is 1. The van der Waals surface area contributed by atoms with E-state index in [0.29, 0.717) is 23.9 Å². The topological polar surface area (TPSA) is 59.4 Å². The number of benzene rings is 2. The Morgan fingerprint density at radius 2 is 2.15 bits per heavy atom. The van der Waals surface area contributed by atoms with Crippen LogP contribution >= 0.6 is 11.6 Å². The summed E-state index contributed by atoms with van der Waals surface area (Å²) in [5, 5.41) is 3.33. The molecule has 4 rings (SSSR count). The van der Waals surface area contributed by atoms with Gasteiger partial charge in [0.2, 0.25) is 0 Å². The molecule has 3 aromatic rings. The Kier molecular flexibility index (Phi) is 4.20. The van der Waals surface area contributed by atoms with E-state index in [1.807, 2.05) is 49.5 Å². The summed E-state index contributed by atoms with van der Waals surface area (Å²) in [4.78, 5) is 19.0. The molecule has 26 heavy (non-hydrogen) atoms. The van der Waals surface area contributed by atoms with E-state index >= 15 is 0 Å². The number of para-hydroxylation sites is 2. The molecule has 0 spiro atoms. The SMILES string of the molecule is CNC(=O)[C@H]1CN(Cc2nc3cc(Cl)ccc3n2C)c2ccccc2O1. The molecule has 0 fully saturated rings. The van der Waals surface area contributed by atoms with Crippen LogP contribution in [0.1, 0.15) is 5.82 Å². The number of anilines is 1. The van der Waals surface area contributed by atoms with Gasteiger partial charge in [0.15, 0.2) is 6.10 Å². The minimum Gasteiger partial charge on any atom is -0.477 e. The number of fused-ring (bicyclic) bond motifs is 2. The van der Waals surface area contributed by atoms with E-state index in [0.717, 1.165) is 22.5 Å². The van der Waals surface area contributed by atoms with E-state index in [2.05, 4.69) is 14.8 Å². The first-order valence-corrected chi connectivity index (χ1v) is 8.77. The van der Waals surface area contributed by atoms with Crippen LogP contribution in [0.4, 0.5) is 5.69 Å². The molecule has 1 aliphatic heterocycles. The zero-order chi connectivity index (χ0) is 18.3. The summed E-state index contributed by atoms with van der Waals surface area (Å²) in [7, 11) is 3.60. The van der Waals surface area contributed by atoms with Gasteiger partial charge in [-0.1, -0.05) is 23.7 Å². The van der Waals surface area contributed by atoms with Crippen LogP contribution < -0.4 is 15.0 Å². The van der Waals surface area contributed by atoms with Gasteiger partial charge in [0.1, 0.15) is 11.6 Å². The molecule has 1 aliphatic rings. The summed E-state index contributed by atoms with van der Waals surface area (Å²) in [5.74, 6) is 1.46. The predicted octanol–water partition coefficient (Wildman–Crippen LogP) is 2.74. The summed E-state index contributed by atoms with van der Waals surface area (Å²) in [6.07, 6.45) is -0.556. The Morgan fingerprint density at radius 3 is 2.96 bits per heavy atom. The second kappa shape index (κ2) is 6.53. The molecule has 0 saturated heterocycles. The van der Waals surface area contributed by atoms with Crippen LogP contribution in [-0.4, -0.2) is 35.2 Å². The van der Waals surface area contributed by atoms with Crippen molar-refractivity contribution >= 4 is 34.2 Å². The van der Waals surface area contributed by atoms with Gasteiger partial charge in [-0.15, -0.1) is 0 Å². The number of rotatable bonds is 3. The highest BCUT2D eigenvalue weighted by molar-refractivity contribution is 6.31. The fraction of sp³-hybridized carbons (Fsp3) is 0.263. The average molecular weight is 371 g/mol. The number of carbonyl (C=O) groups excluding carboxylic acids is 1. The van der Waals surface area contributed by atoms with E-state index in [1.54, 1.807) is 7.05 Å². The second-order valence-corrected chi connectivity index (χ2v) is 6.73. The number of aromatic nitrogens is 2. The molecular weight excluding hydrogens is 352 g/mol. The number of ether oxygens (including phenoxy) is 1. The fourth-order valence-corrected chi connectivity index (χ4v) is 3.46. The zero-order valence-electron chi connectivity index (χ0n) is 14.6. The number of nitrogens with zero attached hydrogens (tertiary/aromatic N) is 3. The first-order chi connectivity index (χ1) is 12.6. The smallest absolute Gasteiger partial charge is 0.262 e. The number of nitrogens with one attached hydrogen (secondary N) is 1. The number of imidazole rings is 1. The van der Waals surface area contributed by atoms with Gasteiger partial charge in [-0.05, 0) is 30.3 Å². The summed E-state index contributed by atoms with van der Waals surface area (Å²) in [5.41, 5.74) is 2.84. The third kappa shape index (κ3) is 2.86. The molecule has 6 nitrogen and oxygen atoms in total. The molecule has 0 radical (unpaired) electrons. The molecule has 0 aliphatic carbocycles. The summed E-state index contributed by atoms with van der Waals surface area (Å²) >= 11 is 6.09. The Morgan fingerprint density at radius 1 is 1.35 bits per heavy atom. The van der Waals surface area contributed by atoms with Crippen molar-refractivity contribution in [3.63, 3.8) is 0 Å². The number of aryl methyl sites for hydroxylation is 1. The minimum atomic E-state index is -0.556. The van der Waals surface area contributed by atoms with Gasteiger partial charge in [-0.2, -0.15) is 0 Å². The lowest BCUT2D eigenvalue weighted by atomic mass is 10.1. The highest BCUT2D eigenvalue weighted by Crippen LogP contribution is 2.34. The Labute approximate surface area is 156 Å². The maximum atomic E-state index is 12.1. The maximum Gasteiger partial charge on any atom is 0.262 e. The number of halogens is 1. The molecule has 0 saturated carbocycles. The highest BCUT2D eigenvalue weighted by atomic mass is 35.5. The summed E-state index contributed by atoms with van der Waals surface area (Å²) in [6.45, 7) is 1.03. The third-order valence-corrected chi connectivity index (χ3v) is 4.90. The van der Waals surface area contributed by atoms with Crippen molar-refractivity contribution in [1.29, 1.82) is 0 Å². The van der Waals surface area contributed by atoms with Gasteiger partial charge in [0, 0.05) is 19.1 Å². The van der Waals surface area contributed by atoms with E-state index in [1.165, 1.54) is 0 Å². The molecule has 1 N–H and O–H groups in total. The number of hydrogen-bond donors (Lipinski definition) is 1. The van der Waals surface area contributed by atoms with Crippen molar-refractivity contribution in [3.8, 4) is 5.75 Å². The molecule has 1 amide bonds. The summed E-state index contributed by atoms with van der Waals surface area (Å²) < 4.78 is 7.91. The zero-order valence-corrected chi connectivity index (χ0v) is 15.3. The molecule has 0 unspecified atom stereocenters. The fourth-order valence-electron chi connectivity index (χ4n) is 3.29. The van der Waals surface area contributed by atoms with Gasteiger partial charge in [-0.25, -0.2) is 4.98 Å². The lowest BCUT2D eigenvalue weighted by Gasteiger charge is -2.35. The Bertz CT molecular complexity index is 985. The Hall–Kier alpha value is -2.73. The van der Waals surface area contributed by atoms with Crippen molar-refractivity contribution in [1.82, 2.24) is 14.9 Å². The van der Waals surface area contributed by atoms with Gasteiger partial charge in [-0.3, -0.25) is 4.79 Å². The maximum absolute atomic E-state index is 12.1. The van der Waals surface area contributed by atoms with Crippen LogP contribution in [0.3, 0.4) is 0 Å². The van der Waals surface area contributed by atoms with Crippen molar-refractivity contribution < 1.29 is 9.53 Å². The number of carbonyl (C=O) groups is 1. The van der Waals surface area contributed by atoms with Crippen LogP contribution in [0.15, 0.2) is 42.5 Å². The van der Waals surface area contributed by atoms with Gasteiger partial charge < -0.3 is 19.5 Å². The van der Waals surface area contributed by atoms with Gasteiger partial charge in [0.25, 0.3) is 5.91 Å². The van der Waals surface area contributed by atoms with Gasteiger partial charge >= 0.3 is 0 Å². The molecule has 1 aromatic heterocycles. The van der Waals surface area contributed by atoms with E-state index in [-0.39, 0.29) is 5.91 Å². The lowest BCUT2D eigenvalue weighted by Crippen LogP contribution is -2.48. The van der Waals surface area contributed by atoms with Crippen LogP contribution in [0, 0.1) is 0 Å². The monoisotopic (exact) mass is 370 g/mol. The predicted molar refractivity (Wildman–Crippen MR) is 102 cm³/mol. The lowest BCUT2D eigenvalue weighted by molar-refractivity contribution is -0.127. The first-order valence-electron chi connectivity index (χ1n) is 8.40. The van der Waals surface area contributed by atoms with Crippen LogP contribution in [-0.2, 0) is 18.4 Å². The third-order valence-electron chi connectivity index (χ3n) is 4.67. The molecule has 134 valence electrons. The number of hydrogen-bond acceptors (Lipinski definition) is 4. The van der Waals surface area contributed by atoms with E-state index < -0.39 is 6.10 Å². The Balaban J connectivity index is 1.70. The van der Waals surface area contributed by atoms with Crippen LogP contribution in [0.25, 0.3) is 11.0 Å². The van der Waals surface area contributed by atoms with E-state index in [9.17, 15) is 4.79 Å². The molecule has 2 heterocycles. The van der Waals surface area contributed by atoms with Crippen molar-refractivity contribution in [2.75, 3.05) is 18.5 Å². The molecule has 0 bridgehead atoms. The molecule has 1 atom stereocenters. The standard InChI is InChI=1S/C19H19ClN4O2/c1-21-19(25)17-10-24(15-5-3-4-6-16(15)26-17)11-18-22-13-9-12(20)7-8-14(13)23(18)2/h3-9,17H,10-11H2,1-2H3,(H,21,25)/t17-/m1/s1. The normalized spacial score (nSPS) is 16.3. The first kappa shape index (κ1) is 16.7. The second-order valence-electron chi connectivity index (χ2n) is 6.29. The highest BCUT2D eigenvalue weighted by Gasteiger charge is 2.30. The molecular formula is C19H19ClN4O2. The van der Waals surface area contributed by atoms with Gasteiger partial charge in [0.05, 0.1) is 29.8 Å². The molecule has 2 aromatic carbocycles. The quantitative estimate of drug-likeness (QED) is 0.770.